The van der Waals surface area contributed by atoms with Gasteiger partial charge >= 0.3 is 0 Å². The predicted molar refractivity (Wildman–Crippen MR) is 86.1 cm³/mol. The molecule has 3 heterocycles. The molecule has 0 aromatic rings. The Hall–Kier alpha value is 0.210. The number of fused-ring (bicyclic) bond motifs is 3. The van der Waals surface area contributed by atoms with Gasteiger partial charge in [0, 0.05) is 23.3 Å². The minimum Gasteiger partial charge on any atom is -0.226 e. The molecule has 5 heteroatoms. The number of rotatable bonds is 6. The first-order chi connectivity index (χ1) is 8.99. The van der Waals surface area contributed by atoms with Crippen molar-refractivity contribution in [2.75, 3.05) is 17.3 Å². The van der Waals surface area contributed by atoms with Crippen molar-refractivity contribution in [3.63, 3.8) is 0 Å². The number of sulfone groups is 1. The monoisotopic (exact) mass is 318 g/mol. The van der Waals surface area contributed by atoms with Gasteiger partial charge in [-0.25, -0.2) is 8.42 Å². The van der Waals surface area contributed by atoms with Crippen LogP contribution in [0, 0.1) is 17.8 Å². The van der Waals surface area contributed by atoms with Crippen LogP contribution in [0.4, 0.5) is 0 Å². The van der Waals surface area contributed by atoms with E-state index in [4.69, 9.17) is 6.42 Å². The molecule has 0 spiro atoms. The van der Waals surface area contributed by atoms with E-state index in [-0.39, 0.29) is 5.41 Å². The van der Waals surface area contributed by atoms with Crippen LogP contribution in [0.2, 0.25) is 0 Å². The lowest BCUT2D eigenvalue weighted by molar-refractivity contribution is 0.377. The van der Waals surface area contributed by atoms with Gasteiger partial charge in [-0.2, -0.15) is 0 Å². The minimum absolute atomic E-state index is 0.0451. The molecule has 0 unspecified atom stereocenters. The van der Waals surface area contributed by atoms with Crippen LogP contribution in [0.15, 0.2) is 0 Å². The quantitative estimate of drug-likeness (QED) is 0.554. The van der Waals surface area contributed by atoms with Gasteiger partial charge in [-0.3, -0.25) is 0 Å². The highest BCUT2D eigenvalue weighted by molar-refractivity contribution is 8.32. The maximum atomic E-state index is 12.6. The van der Waals surface area contributed by atoms with Crippen LogP contribution in [0.1, 0.15) is 45.4 Å². The number of hydrogen-bond acceptors (Lipinski definition) is 4. The molecule has 3 aliphatic heterocycles. The molecular weight excluding hydrogens is 296 g/mol. The molecule has 3 aliphatic rings. The predicted octanol–water partition coefficient (Wildman–Crippen LogP) is 3.53. The summed E-state index contributed by atoms with van der Waals surface area (Å²) in [4.78, 5) is 0. The molecule has 0 aromatic carbocycles. The summed E-state index contributed by atoms with van der Waals surface area (Å²) in [6.45, 7) is 2.15. The summed E-state index contributed by atoms with van der Waals surface area (Å²) >= 11 is 3.38. The van der Waals surface area contributed by atoms with Gasteiger partial charge in [0.1, 0.15) is 0 Å². The zero-order valence-electron chi connectivity index (χ0n) is 11.5. The Morgan fingerprint density at radius 1 is 1.21 bits per heavy atom. The van der Waals surface area contributed by atoms with Crippen LogP contribution in [-0.2, 0) is 9.84 Å². The SMILES string of the molecule is C#CCCCCC12SCC(CCC)(CS1)CS2(=O)=O. The molecule has 2 bridgehead atoms. The van der Waals surface area contributed by atoms with Gasteiger partial charge in [0.2, 0.25) is 0 Å². The van der Waals surface area contributed by atoms with Crippen molar-refractivity contribution in [2.24, 2.45) is 5.41 Å². The van der Waals surface area contributed by atoms with E-state index in [0.29, 0.717) is 5.75 Å². The van der Waals surface area contributed by atoms with E-state index in [9.17, 15) is 8.42 Å². The zero-order valence-corrected chi connectivity index (χ0v) is 13.9. The third kappa shape index (κ3) is 2.96. The Kier molecular flexibility index (Phi) is 4.85. The van der Waals surface area contributed by atoms with E-state index in [1.54, 1.807) is 23.5 Å². The maximum absolute atomic E-state index is 12.6. The summed E-state index contributed by atoms with van der Waals surface area (Å²) in [5.74, 6) is 5.06. The van der Waals surface area contributed by atoms with Gasteiger partial charge in [0.25, 0.3) is 0 Å². The average molecular weight is 319 g/mol. The van der Waals surface area contributed by atoms with Gasteiger partial charge in [0.15, 0.2) is 13.2 Å². The number of hydrogen-bond donors (Lipinski definition) is 0. The normalized spacial score (nSPS) is 36.0. The Labute approximate surface area is 125 Å². The van der Waals surface area contributed by atoms with Crippen LogP contribution in [0.5, 0.6) is 0 Å². The molecule has 3 saturated heterocycles. The van der Waals surface area contributed by atoms with E-state index >= 15 is 0 Å². The van der Waals surface area contributed by atoms with Crippen molar-refractivity contribution in [3.05, 3.63) is 0 Å². The van der Waals surface area contributed by atoms with Crippen LogP contribution in [0.3, 0.4) is 0 Å². The van der Waals surface area contributed by atoms with Crippen molar-refractivity contribution in [1.82, 2.24) is 0 Å². The molecule has 2 nitrogen and oxygen atoms in total. The van der Waals surface area contributed by atoms with Crippen molar-refractivity contribution in [2.45, 2.75) is 48.9 Å². The summed E-state index contributed by atoms with van der Waals surface area (Å²) in [6, 6.07) is 0. The highest BCUT2D eigenvalue weighted by Gasteiger charge is 2.58. The molecule has 0 aliphatic carbocycles. The van der Waals surface area contributed by atoms with Crippen LogP contribution in [-0.4, -0.2) is 29.1 Å². The van der Waals surface area contributed by atoms with E-state index < -0.39 is 13.2 Å². The van der Waals surface area contributed by atoms with Crippen LogP contribution < -0.4 is 0 Å². The maximum Gasteiger partial charge on any atom is 0.175 e. The lowest BCUT2D eigenvalue weighted by Crippen LogP contribution is -2.54. The minimum atomic E-state index is -2.98. The highest BCUT2D eigenvalue weighted by Crippen LogP contribution is 2.61. The zero-order chi connectivity index (χ0) is 14.0. The molecule has 108 valence electrons. The highest BCUT2D eigenvalue weighted by atomic mass is 32.3. The number of thioether (sulfide) groups is 2. The first-order valence-corrected chi connectivity index (χ1v) is 10.6. The van der Waals surface area contributed by atoms with Gasteiger partial charge in [-0.05, 0) is 25.7 Å². The summed E-state index contributed by atoms with van der Waals surface area (Å²) < 4.78 is 24.7. The van der Waals surface area contributed by atoms with Crippen LogP contribution in [0.25, 0.3) is 0 Å². The molecule has 3 rings (SSSR count). The standard InChI is InChI=1S/C14H22O2S3/c1-3-5-6-7-9-14-17-10-13(8-4-2,11-18-14)12-19(14,15)16/h1H,4-12H2,2H3. The summed E-state index contributed by atoms with van der Waals surface area (Å²) in [5.41, 5.74) is 0.0451. The van der Waals surface area contributed by atoms with E-state index in [1.165, 1.54) is 0 Å². The molecular formula is C14H22O2S3. The third-order valence-electron chi connectivity index (χ3n) is 4.00. The molecule has 0 radical (unpaired) electrons. The molecule has 19 heavy (non-hydrogen) atoms. The van der Waals surface area contributed by atoms with Crippen molar-refractivity contribution in [1.29, 1.82) is 0 Å². The topological polar surface area (TPSA) is 34.1 Å². The fourth-order valence-corrected chi connectivity index (χ4v) is 10.4. The van der Waals surface area contributed by atoms with Crippen molar-refractivity contribution >= 4 is 33.4 Å². The Morgan fingerprint density at radius 2 is 1.89 bits per heavy atom. The van der Waals surface area contributed by atoms with Gasteiger partial charge < -0.3 is 0 Å². The smallest absolute Gasteiger partial charge is 0.175 e. The van der Waals surface area contributed by atoms with Crippen LogP contribution >= 0.6 is 23.5 Å². The molecule has 0 atom stereocenters. The second-order valence-electron chi connectivity index (χ2n) is 5.68. The van der Waals surface area contributed by atoms with Gasteiger partial charge in [0.05, 0.1) is 5.75 Å². The summed E-state index contributed by atoms with van der Waals surface area (Å²) in [5, 5.41) is 0. The Morgan fingerprint density at radius 3 is 2.42 bits per heavy atom. The Bertz CT molecular complexity index is 454. The summed E-state index contributed by atoms with van der Waals surface area (Å²) in [6.07, 6.45) is 10.7. The lowest BCUT2D eigenvalue weighted by Gasteiger charge is -2.51. The second-order valence-corrected chi connectivity index (χ2v) is 11.2. The number of terminal acetylenes is 1. The summed E-state index contributed by atoms with van der Waals surface area (Å²) in [7, 11) is -2.98. The fraction of sp³-hybridized carbons (Fsp3) is 0.857. The first kappa shape index (κ1) is 15.6. The number of unbranched alkanes of at least 4 members (excludes halogenated alkanes) is 2. The molecule has 0 saturated carbocycles. The molecule has 0 amide bonds. The van der Waals surface area contributed by atoms with Gasteiger partial charge in [-0.15, -0.1) is 35.9 Å². The van der Waals surface area contributed by atoms with Crippen molar-refractivity contribution < 1.29 is 8.42 Å². The molecule has 0 aromatic heterocycles. The van der Waals surface area contributed by atoms with E-state index in [0.717, 1.165) is 50.0 Å². The van der Waals surface area contributed by atoms with Crippen molar-refractivity contribution in [3.8, 4) is 12.3 Å². The van der Waals surface area contributed by atoms with Gasteiger partial charge in [-0.1, -0.05) is 13.3 Å². The largest absolute Gasteiger partial charge is 0.226 e. The molecule has 3 fully saturated rings. The average Bonchev–Trinajstić information content (AvgIpc) is 2.36. The molecule has 0 N–H and O–H groups in total. The van der Waals surface area contributed by atoms with E-state index in [1.807, 2.05) is 0 Å². The van der Waals surface area contributed by atoms with E-state index in [2.05, 4.69) is 12.8 Å². The first-order valence-electron chi connectivity index (χ1n) is 6.93. The lowest BCUT2D eigenvalue weighted by atomic mass is 9.90. The second kappa shape index (κ2) is 5.91. The Balaban J connectivity index is 2.06. The third-order valence-corrected chi connectivity index (χ3v) is 11.9. The fourth-order valence-electron chi connectivity index (χ4n) is 3.00.